The fraction of sp³-hybridized carbons (Fsp3) is 0.609. The zero-order valence-electron chi connectivity index (χ0n) is 18.9. The smallest absolute Gasteiger partial charge is 0.240 e. The molecule has 31 heavy (non-hydrogen) atoms. The molecular weight excluding hydrogens is 398 g/mol. The van der Waals surface area contributed by atoms with Gasteiger partial charge in [-0.05, 0) is 44.6 Å². The minimum Gasteiger partial charge on any atom is -0.497 e. The molecule has 8 heteroatoms. The molecule has 0 saturated carbocycles. The number of carbonyl (C=O) groups is 3. The third kappa shape index (κ3) is 4.91. The summed E-state index contributed by atoms with van der Waals surface area (Å²) in [5.41, 5.74) is -0.569. The lowest BCUT2D eigenvalue weighted by Crippen LogP contribution is -2.48. The first kappa shape index (κ1) is 23.2. The monoisotopic (exact) mass is 431 g/mol. The molecule has 1 aromatic rings. The number of rotatable bonds is 8. The average Bonchev–Trinajstić information content (AvgIpc) is 3.02. The number of amides is 3. The highest BCUT2D eigenvalue weighted by molar-refractivity contribution is 6.10. The van der Waals surface area contributed by atoms with Crippen LogP contribution in [0.1, 0.15) is 31.2 Å². The molecule has 0 bridgehead atoms. The number of imide groups is 1. The van der Waals surface area contributed by atoms with Gasteiger partial charge in [0.2, 0.25) is 17.7 Å². The predicted octanol–water partition coefficient (Wildman–Crippen LogP) is 1.28. The molecule has 2 atom stereocenters. The number of likely N-dealkylation sites (tertiary alicyclic amines) is 2. The van der Waals surface area contributed by atoms with Crippen molar-refractivity contribution in [3.05, 3.63) is 29.8 Å². The maximum absolute atomic E-state index is 13.6. The van der Waals surface area contributed by atoms with E-state index in [4.69, 9.17) is 9.47 Å². The molecule has 2 heterocycles. The van der Waals surface area contributed by atoms with Gasteiger partial charge in [-0.2, -0.15) is 0 Å². The van der Waals surface area contributed by atoms with Crippen molar-refractivity contribution in [3.63, 3.8) is 0 Å². The summed E-state index contributed by atoms with van der Waals surface area (Å²) < 4.78 is 10.8. The summed E-state index contributed by atoms with van der Waals surface area (Å²) in [4.78, 5) is 44.9. The second-order valence-electron chi connectivity index (χ2n) is 8.66. The topological polar surface area (TPSA) is 79.4 Å². The fourth-order valence-corrected chi connectivity index (χ4v) is 4.44. The first-order valence-corrected chi connectivity index (χ1v) is 10.8. The van der Waals surface area contributed by atoms with Crippen LogP contribution in [0.15, 0.2) is 24.3 Å². The van der Waals surface area contributed by atoms with E-state index in [-0.39, 0.29) is 36.7 Å². The molecule has 0 N–H and O–H groups in total. The van der Waals surface area contributed by atoms with Gasteiger partial charge in [-0.3, -0.25) is 19.3 Å². The Morgan fingerprint density at radius 1 is 1.26 bits per heavy atom. The number of benzene rings is 1. The van der Waals surface area contributed by atoms with Gasteiger partial charge in [0.1, 0.15) is 5.75 Å². The lowest BCUT2D eigenvalue weighted by molar-refractivity contribution is -0.143. The van der Waals surface area contributed by atoms with Crippen LogP contribution in [-0.2, 0) is 24.5 Å². The Hall–Kier alpha value is -2.45. The van der Waals surface area contributed by atoms with Gasteiger partial charge in [-0.1, -0.05) is 12.1 Å². The highest BCUT2D eigenvalue weighted by Gasteiger charge is 2.54. The SMILES string of the molecule is COc1cccc([C@]2(CC(=O)N3CCC[C@H](OC)C3)CC(=O)N(CCN(C)C)C2=O)c1. The van der Waals surface area contributed by atoms with Crippen molar-refractivity contribution in [3.8, 4) is 5.75 Å². The minimum atomic E-state index is -1.21. The molecule has 0 aromatic heterocycles. The Morgan fingerprint density at radius 3 is 2.71 bits per heavy atom. The molecule has 2 fully saturated rings. The molecule has 0 spiro atoms. The van der Waals surface area contributed by atoms with Gasteiger partial charge in [0.25, 0.3) is 0 Å². The molecule has 2 aliphatic rings. The Kier molecular flexibility index (Phi) is 7.33. The Bertz CT molecular complexity index is 827. The van der Waals surface area contributed by atoms with Crippen molar-refractivity contribution in [2.75, 3.05) is 54.5 Å². The molecule has 0 aliphatic carbocycles. The molecule has 8 nitrogen and oxygen atoms in total. The number of hydrogen-bond acceptors (Lipinski definition) is 6. The number of piperidine rings is 1. The molecular formula is C23H33N3O5. The predicted molar refractivity (Wildman–Crippen MR) is 116 cm³/mol. The van der Waals surface area contributed by atoms with Gasteiger partial charge >= 0.3 is 0 Å². The maximum atomic E-state index is 13.6. The average molecular weight is 432 g/mol. The van der Waals surface area contributed by atoms with Crippen LogP contribution in [0.5, 0.6) is 5.75 Å². The van der Waals surface area contributed by atoms with Crippen molar-refractivity contribution in [2.45, 2.75) is 37.2 Å². The molecule has 2 aliphatic heterocycles. The Labute approximate surface area is 184 Å². The number of methoxy groups -OCH3 is 2. The summed E-state index contributed by atoms with van der Waals surface area (Å²) in [6.45, 7) is 2.02. The first-order valence-electron chi connectivity index (χ1n) is 10.8. The third-order valence-corrected chi connectivity index (χ3v) is 6.32. The molecule has 170 valence electrons. The van der Waals surface area contributed by atoms with Crippen molar-refractivity contribution in [1.82, 2.24) is 14.7 Å². The van der Waals surface area contributed by atoms with Crippen LogP contribution < -0.4 is 4.74 Å². The van der Waals surface area contributed by atoms with Crippen molar-refractivity contribution >= 4 is 17.7 Å². The highest BCUT2D eigenvalue weighted by atomic mass is 16.5. The van der Waals surface area contributed by atoms with Gasteiger partial charge in [0.15, 0.2) is 0 Å². The molecule has 3 amide bonds. The number of ether oxygens (including phenoxy) is 2. The number of nitrogens with zero attached hydrogens (tertiary/aromatic N) is 3. The van der Waals surface area contributed by atoms with Crippen LogP contribution >= 0.6 is 0 Å². The lowest BCUT2D eigenvalue weighted by atomic mass is 9.75. The summed E-state index contributed by atoms with van der Waals surface area (Å²) >= 11 is 0. The van der Waals surface area contributed by atoms with Crippen molar-refractivity contribution in [1.29, 1.82) is 0 Å². The van der Waals surface area contributed by atoms with E-state index in [1.54, 1.807) is 37.3 Å². The van der Waals surface area contributed by atoms with Crippen molar-refractivity contribution in [2.24, 2.45) is 0 Å². The van der Waals surface area contributed by atoms with E-state index < -0.39 is 5.41 Å². The van der Waals surface area contributed by atoms with E-state index in [9.17, 15) is 14.4 Å². The zero-order chi connectivity index (χ0) is 22.6. The Balaban J connectivity index is 1.93. The second-order valence-corrected chi connectivity index (χ2v) is 8.66. The van der Waals surface area contributed by atoms with Crippen LogP contribution in [0.2, 0.25) is 0 Å². The summed E-state index contributed by atoms with van der Waals surface area (Å²) in [7, 11) is 7.00. The molecule has 2 saturated heterocycles. The van der Waals surface area contributed by atoms with Crippen LogP contribution in [0, 0.1) is 0 Å². The van der Waals surface area contributed by atoms with Crippen LogP contribution in [0.25, 0.3) is 0 Å². The highest BCUT2D eigenvalue weighted by Crippen LogP contribution is 2.41. The number of likely N-dealkylation sites (N-methyl/N-ethyl adjacent to an activating group) is 1. The van der Waals surface area contributed by atoms with Gasteiger partial charge in [-0.25, -0.2) is 0 Å². The Morgan fingerprint density at radius 2 is 2.03 bits per heavy atom. The fourth-order valence-electron chi connectivity index (χ4n) is 4.44. The standard InChI is InChI=1S/C23H33N3O5/c1-24(2)11-12-26-21(28)15-23(22(26)29,17-7-5-8-18(13-17)30-3)14-20(27)25-10-6-9-19(16-25)31-4/h5,7-8,13,19H,6,9-12,14-16H2,1-4H3/t19-,23-/m0/s1. The largest absolute Gasteiger partial charge is 0.497 e. The van der Waals surface area contributed by atoms with E-state index in [1.165, 1.54) is 4.90 Å². The molecule has 1 aromatic carbocycles. The molecule has 0 radical (unpaired) electrons. The van der Waals surface area contributed by atoms with E-state index in [0.717, 1.165) is 12.8 Å². The van der Waals surface area contributed by atoms with Crippen molar-refractivity contribution < 1.29 is 23.9 Å². The third-order valence-electron chi connectivity index (χ3n) is 6.32. The number of carbonyl (C=O) groups excluding carboxylic acids is 3. The van der Waals surface area contributed by atoms with Gasteiger partial charge < -0.3 is 19.3 Å². The summed E-state index contributed by atoms with van der Waals surface area (Å²) in [5, 5.41) is 0. The van der Waals surface area contributed by atoms with E-state index in [2.05, 4.69) is 0 Å². The minimum absolute atomic E-state index is 0.00275. The quantitative estimate of drug-likeness (QED) is 0.577. The zero-order valence-corrected chi connectivity index (χ0v) is 18.9. The molecule has 0 unspecified atom stereocenters. The number of hydrogen-bond donors (Lipinski definition) is 0. The van der Waals surface area contributed by atoms with Crippen LogP contribution in [0.3, 0.4) is 0 Å². The van der Waals surface area contributed by atoms with E-state index >= 15 is 0 Å². The summed E-state index contributed by atoms with van der Waals surface area (Å²) in [5.74, 6) is -0.0777. The normalized spacial score (nSPS) is 24.2. The van der Waals surface area contributed by atoms with Crippen LogP contribution in [-0.4, -0.2) is 93.0 Å². The summed E-state index contributed by atoms with van der Waals surface area (Å²) in [6, 6.07) is 7.16. The van der Waals surface area contributed by atoms with Gasteiger partial charge in [0.05, 0.1) is 18.6 Å². The van der Waals surface area contributed by atoms with Gasteiger partial charge in [0, 0.05) is 46.1 Å². The van der Waals surface area contributed by atoms with Crippen LogP contribution in [0.4, 0.5) is 0 Å². The summed E-state index contributed by atoms with van der Waals surface area (Å²) in [6.07, 6.45) is 1.72. The van der Waals surface area contributed by atoms with Gasteiger partial charge in [-0.15, -0.1) is 0 Å². The van der Waals surface area contributed by atoms with E-state index in [0.29, 0.717) is 37.5 Å². The van der Waals surface area contributed by atoms with E-state index in [1.807, 2.05) is 25.1 Å². The lowest BCUT2D eigenvalue weighted by Gasteiger charge is -2.35. The second kappa shape index (κ2) is 9.78. The molecule has 3 rings (SSSR count). The first-order chi connectivity index (χ1) is 14.8. The maximum Gasteiger partial charge on any atom is 0.240 e.